The lowest BCUT2D eigenvalue weighted by Gasteiger charge is -2.17. The Labute approximate surface area is 126 Å². The average molecular weight is 316 g/mol. The van der Waals surface area contributed by atoms with Crippen molar-refractivity contribution in [3.05, 3.63) is 35.4 Å². The summed E-state index contributed by atoms with van der Waals surface area (Å²) in [5.74, 6) is -0.915. The third kappa shape index (κ3) is 5.75. The second-order valence-electron chi connectivity index (χ2n) is 5.52. The smallest absolute Gasteiger partial charge is 0.368 e. The van der Waals surface area contributed by atoms with Crippen molar-refractivity contribution in [3.63, 3.8) is 0 Å². The van der Waals surface area contributed by atoms with Crippen LogP contribution in [0.25, 0.3) is 0 Å². The quantitative estimate of drug-likeness (QED) is 0.845. The normalized spacial score (nSPS) is 13.0. The summed E-state index contributed by atoms with van der Waals surface area (Å²) in [6.07, 6.45) is -4.11. The molecule has 0 saturated carbocycles. The van der Waals surface area contributed by atoms with Gasteiger partial charge in [0.15, 0.2) is 0 Å². The van der Waals surface area contributed by atoms with Gasteiger partial charge < -0.3 is 11.1 Å². The summed E-state index contributed by atoms with van der Waals surface area (Å²) in [4.78, 5) is 23.1. The van der Waals surface area contributed by atoms with Crippen molar-refractivity contribution in [2.75, 3.05) is 0 Å². The zero-order valence-electron chi connectivity index (χ0n) is 12.4. The standard InChI is InChI=1S/C15H19F3N2O2/c1-9(2)7-13(21)20-12(14(19)22)8-10-3-5-11(6-4-10)15(16,17)18/h3-6,9,12H,7-8H2,1-2H3,(H2,19,22)(H,20,21)/t12-/m0/s1. The van der Waals surface area contributed by atoms with Gasteiger partial charge in [0.2, 0.25) is 11.8 Å². The Balaban J connectivity index is 2.75. The van der Waals surface area contributed by atoms with E-state index in [-0.39, 0.29) is 24.7 Å². The van der Waals surface area contributed by atoms with Crippen molar-refractivity contribution in [2.24, 2.45) is 11.7 Å². The molecule has 0 saturated heterocycles. The van der Waals surface area contributed by atoms with E-state index in [9.17, 15) is 22.8 Å². The maximum absolute atomic E-state index is 12.5. The fourth-order valence-corrected chi connectivity index (χ4v) is 1.91. The van der Waals surface area contributed by atoms with Gasteiger partial charge in [0.1, 0.15) is 6.04 Å². The number of hydrogen-bond acceptors (Lipinski definition) is 2. The minimum Gasteiger partial charge on any atom is -0.368 e. The largest absolute Gasteiger partial charge is 0.416 e. The molecule has 0 aromatic heterocycles. The molecular formula is C15H19F3N2O2. The highest BCUT2D eigenvalue weighted by Gasteiger charge is 2.30. The van der Waals surface area contributed by atoms with Gasteiger partial charge >= 0.3 is 6.18 Å². The molecule has 7 heteroatoms. The number of amides is 2. The highest BCUT2D eigenvalue weighted by atomic mass is 19.4. The van der Waals surface area contributed by atoms with E-state index in [0.29, 0.717) is 5.56 Å². The topological polar surface area (TPSA) is 72.2 Å². The molecule has 0 aliphatic rings. The van der Waals surface area contributed by atoms with E-state index < -0.39 is 23.7 Å². The van der Waals surface area contributed by atoms with E-state index in [2.05, 4.69) is 5.32 Å². The third-order valence-corrected chi connectivity index (χ3v) is 2.99. The van der Waals surface area contributed by atoms with Crippen molar-refractivity contribution < 1.29 is 22.8 Å². The molecule has 0 bridgehead atoms. The molecule has 1 aromatic carbocycles. The van der Waals surface area contributed by atoms with Gasteiger partial charge in [0.25, 0.3) is 0 Å². The molecule has 0 unspecified atom stereocenters. The highest BCUT2D eigenvalue weighted by Crippen LogP contribution is 2.29. The molecule has 0 heterocycles. The van der Waals surface area contributed by atoms with Crippen LogP contribution in [0.15, 0.2) is 24.3 Å². The lowest BCUT2D eigenvalue weighted by atomic mass is 10.0. The lowest BCUT2D eigenvalue weighted by molar-refractivity contribution is -0.137. The number of alkyl halides is 3. The third-order valence-electron chi connectivity index (χ3n) is 2.99. The number of carbonyl (C=O) groups is 2. The molecule has 4 nitrogen and oxygen atoms in total. The summed E-state index contributed by atoms with van der Waals surface area (Å²) in [5.41, 5.74) is 4.95. The van der Waals surface area contributed by atoms with Gasteiger partial charge in [-0.2, -0.15) is 13.2 Å². The van der Waals surface area contributed by atoms with Gasteiger partial charge in [-0.3, -0.25) is 9.59 Å². The van der Waals surface area contributed by atoms with Gasteiger partial charge in [-0.05, 0) is 23.6 Å². The van der Waals surface area contributed by atoms with E-state index in [1.807, 2.05) is 13.8 Å². The minimum absolute atomic E-state index is 0.0529. The number of benzene rings is 1. The van der Waals surface area contributed by atoms with Crippen LogP contribution in [-0.4, -0.2) is 17.9 Å². The van der Waals surface area contributed by atoms with Crippen LogP contribution < -0.4 is 11.1 Å². The number of halogens is 3. The molecule has 0 spiro atoms. The van der Waals surface area contributed by atoms with Crippen LogP contribution in [0, 0.1) is 5.92 Å². The molecule has 22 heavy (non-hydrogen) atoms. The molecule has 0 aliphatic carbocycles. The molecule has 122 valence electrons. The van der Waals surface area contributed by atoms with Gasteiger partial charge in [0, 0.05) is 12.8 Å². The van der Waals surface area contributed by atoms with Crippen LogP contribution in [0.2, 0.25) is 0 Å². The van der Waals surface area contributed by atoms with Crippen LogP contribution in [0.1, 0.15) is 31.4 Å². The maximum Gasteiger partial charge on any atom is 0.416 e. The number of hydrogen-bond donors (Lipinski definition) is 2. The van der Waals surface area contributed by atoms with Crippen molar-refractivity contribution in [1.82, 2.24) is 5.32 Å². The number of nitrogens with one attached hydrogen (secondary N) is 1. The van der Waals surface area contributed by atoms with Crippen LogP contribution in [0.5, 0.6) is 0 Å². The van der Waals surface area contributed by atoms with Gasteiger partial charge in [-0.25, -0.2) is 0 Å². The van der Waals surface area contributed by atoms with Gasteiger partial charge in [-0.1, -0.05) is 26.0 Å². The zero-order chi connectivity index (χ0) is 16.9. The predicted octanol–water partition coefficient (Wildman–Crippen LogP) is 2.26. The van der Waals surface area contributed by atoms with Crippen molar-refractivity contribution in [2.45, 2.75) is 38.9 Å². The van der Waals surface area contributed by atoms with Crippen molar-refractivity contribution in [3.8, 4) is 0 Å². The second kappa shape index (κ2) is 7.29. The van der Waals surface area contributed by atoms with E-state index >= 15 is 0 Å². The zero-order valence-corrected chi connectivity index (χ0v) is 12.4. The summed E-state index contributed by atoms with van der Waals surface area (Å²) in [6.45, 7) is 3.71. The Morgan fingerprint density at radius 1 is 1.18 bits per heavy atom. The first-order valence-electron chi connectivity index (χ1n) is 6.84. The predicted molar refractivity (Wildman–Crippen MR) is 75.7 cm³/mol. The molecule has 0 radical (unpaired) electrons. The molecule has 0 aliphatic heterocycles. The molecule has 1 aromatic rings. The SMILES string of the molecule is CC(C)CC(=O)N[C@@H](Cc1ccc(C(F)(F)F)cc1)C(N)=O. The Hall–Kier alpha value is -2.05. The number of nitrogens with two attached hydrogens (primary N) is 1. The number of primary amides is 1. The first-order chi connectivity index (χ1) is 10.1. The first-order valence-corrected chi connectivity index (χ1v) is 6.84. The van der Waals surface area contributed by atoms with E-state index in [1.165, 1.54) is 12.1 Å². The van der Waals surface area contributed by atoms with E-state index in [4.69, 9.17) is 5.73 Å². The molecule has 1 rings (SSSR count). The average Bonchev–Trinajstić information content (AvgIpc) is 2.36. The minimum atomic E-state index is -4.41. The van der Waals surface area contributed by atoms with Crippen molar-refractivity contribution in [1.29, 1.82) is 0 Å². The fourth-order valence-electron chi connectivity index (χ4n) is 1.91. The second-order valence-corrected chi connectivity index (χ2v) is 5.52. The van der Waals surface area contributed by atoms with Crippen LogP contribution in [0.3, 0.4) is 0 Å². The maximum atomic E-state index is 12.5. The first kappa shape index (κ1) is 18.0. The highest BCUT2D eigenvalue weighted by molar-refractivity contribution is 5.86. The molecule has 1 atom stereocenters. The number of rotatable bonds is 6. The molecule has 3 N–H and O–H groups in total. The molecule has 2 amide bonds. The molecular weight excluding hydrogens is 297 g/mol. The van der Waals surface area contributed by atoms with Crippen LogP contribution in [-0.2, 0) is 22.2 Å². The van der Waals surface area contributed by atoms with Gasteiger partial charge in [-0.15, -0.1) is 0 Å². The monoisotopic (exact) mass is 316 g/mol. The Bertz CT molecular complexity index is 525. The Morgan fingerprint density at radius 3 is 2.14 bits per heavy atom. The fraction of sp³-hybridized carbons (Fsp3) is 0.467. The lowest BCUT2D eigenvalue weighted by Crippen LogP contribution is -2.46. The summed E-state index contributed by atoms with van der Waals surface area (Å²) in [6, 6.07) is 3.47. The molecule has 0 fully saturated rings. The summed E-state index contributed by atoms with van der Waals surface area (Å²) in [7, 11) is 0. The number of carbonyl (C=O) groups excluding carboxylic acids is 2. The van der Waals surface area contributed by atoms with Gasteiger partial charge in [0.05, 0.1) is 5.56 Å². The van der Waals surface area contributed by atoms with E-state index in [1.54, 1.807) is 0 Å². The summed E-state index contributed by atoms with van der Waals surface area (Å²) >= 11 is 0. The Kier molecular flexibility index (Phi) is 5.96. The summed E-state index contributed by atoms with van der Waals surface area (Å²) in [5, 5.41) is 2.51. The summed E-state index contributed by atoms with van der Waals surface area (Å²) < 4.78 is 37.4. The van der Waals surface area contributed by atoms with Crippen molar-refractivity contribution >= 4 is 11.8 Å². The Morgan fingerprint density at radius 2 is 1.73 bits per heavy atom. The van der Waals surface area contributed by atoms with E-state index in [0.717, 1.165) is 12.1 Å². The van der Waals surface area contributed by atoms with Crippen LogP contribution in [0.4, 0.5) is 13.2 Å². The van der Waals surface area contributed by atoms with Crippen LogP contribution >= 0.6 is 0 Å².